The molecule has 11 heavy (non-hydrogen) atoms. The molecule has 0 spiro atoms. The minimum Gasteiger partial charge on any atom is -0.313 e. The minimum absolute atomic E-state index is 0.116. The minimum atomic E-state index is 0.116. The van der Waals surface area contributed by atoms with E-state index in [2.05, 4.69) is 10.6 Å². The van der Waals surface area contributed by atoms with E-state index >= 15 is 0 Å². The second-order valence-electron chi connectivity index (χ2n) is 3.66. The van der Waals surface area contributed by atoms with E-state index < -0.39 is 0 Å². The second-order valence-corrected chi connectivity index (χ2v) is 3.66. The van der Waals surface area contributed by atoms with Crippen LogP contribution in [0.1, 0.15) is 19.3 Å². The summed E-state index contributed by atoms with van der Waals surface area (Å²) in [4.78, 5) is 10.4. The summed E-state index contributed by atoms with van der Waals surface area (Å²) in [5.74, 6) is 0. The van der Waals surface area contributed by atoms with Crippen molar-refractivity contribution in [2.75, 3.05) is 13.1 Å². The summed E-state index contributed by atoms with van der Waals surface area (Å²) in [6, 6.07) is 0.615. The van der Waals surface area contributed by atoms with E-state index in [-0.39, 0.29) is 5.54 Å². The van der Waals surface area contributed by atoms with E-state index in [4.69, 9.17) is 0 Å². The van der Waals surface area contributed by atoms with Crippen LogP contribution >= 0.6 is 0 Å². The van der Waals surface area contributed by atoms with Crippen molar-refractivity contribution < 1.29 is 4.79 Å². The number of nitrogens with one attached hydrogen (secondary N) is 2. The van der Waals surface area contributed by atoms with Gasteiger partial charge in [-0.15, -0.1) is 0 Å². The number of carbonyl (C=O) groups is 1. The Morgan fingerprint density at radius 3 is 3.36 bits per heavy atom. The first kappa shape index (κ1) is 7.25. The molecular weight excluding hydrogens is 140 g/mol. The first-order chi connectivity index (χ1) is 5.35. The predicted octanol–water partition coefficient (Wildman–Crippen LogP) is -0.331. The Kier molecular flexibility index (Phi) is 1.69. The molecule has 0 aromatic heterocycles. The van der Waals surface area contributed by atoms with Gasteiger partial charge in [0.05, 0.1) is 0 Å². The Morgan fingerprint density at radius 1 is 1.64 bits per heavy atom. The molecule has 2 unspecified atom stereocenters. The smallest absolute Gasteiger partial charge is 0.121 e. The van der Waals surface area contributed by atoms with Crippen LogP contribution in [0, 0.1) is 0 Å². The zero-order valence-corrected chi connectivity index (χ0v) is 6.60. The maximum absolute atomic E-state index is 10.4. The Bertz CT molecular complexity index is 167. The Hall–Kier alpha value is -0.410. The zero-order valence-electron chi connectivity index (χ0n) is 6.60. The molecule has 2 rings (SSSR count). The highest BCUT2D eigenvalue weighted by Gasteiger charge is 2.40. The van der Waals surface area contributed by atoms with Crippen molar-refractivity contribution in [2.24, 2.45) is 0 Å². The third-order valence-corrected chi connectivity index (χ3v) is 2.81. The van der Waals surface area contributed by atoms with Gasteiger partial charge in [0, 0.05) is 31.1 Å². The quantitative estimate of drug-likeness (QED) is 0.535. The lowest BCUT2D eigenvalue weighted by Crippen LogP contribution is -2.58. The third kappa shape index (κ3) is 1.19. The molecule has 3 heteroatoms. The molecule has 0 aromatic rings. The van der Waals surface area contributed by atoms with Crippen molar-refractivity contribution >= 4 is 6.29 Å². The van der Waals surface area contributed by atoms with Crippen LogP contribution in [0.4, 0.5) is 0 Å². The fourth-order valence-electron chi connectivity index (χ4n) is 2.20. The van der Waals surface area contributed by atoms with Crippen molar-refractivity contribution in [1.29, 1.82) is 0 Å². The number of piperazine rings is 1. The Labute approximate surface area is 66.5 Å². The number of carbonyl (C=O) groups excluding carboxylic acids is 1. The summed E-state index contributed by atoms with van der Waals surface area (Å²) in [6.07, 6.45) is 4.07. The average Bonchev–Trinajstić information content (AvgIpc) is 2.28. The number of hydrogen-bond donors (Lipinski definition) is 2. The van der Waals surface area contributed by atoms with Crippen LogP contribution in [-0.2, 0) is 4.79 Å². The molecule has 2 saturated heterocycles. The molecule has 2 atom stereocenters. The topological polar surface area (TPSA) is 41.1 Å². The molecule has 2 aliphatic heterocycles. The van der Waals surface area contributed by atoms with Gasteiger partial charge in [-0.2, -0.15) is 0 Å². The molecule has 2 aliphatic rings. The first-order valence-corrected chi connectivity index (χ1v) is 4.27. The van der Waals surface area contributed by atoms with Gasteiger partial charge in [0.15, 0.2) is 0 Å². The molecule has 0 aromatic carbocycles. The Balaban J connectivity index is 2.06. The molecule has 2 N–H and O–H groups in total. The van der Waals surface area contributed by atoms with Crippen LogP contribution in [0.25, 0.3) is 0 Å². The van der Waals surface area contributed by atoms with Crippen LogP contribution in [0.5, 0.6) is 0 Å². The van der Waals surface area contributed by atoms with Crippen LogP contribution in [0.15, 0.2) is 0 Å². The van der Waals surface area contributed by atoms with Crippen LogP contribution in [0.3, 0.4) is 0 Å². The van der Waals surface area contributed by atoms with E-state index in [9.17, 15) is 4.79 Å². The van der Waals surface area contributed by atoms with Crippen molar-refractivity contribution in [2.45, 2.75) is 30.8 Å². The van der Waals surface area contributed by atoms with E-state index in [1.807, 2.05) is 0 Å². The van der Waals surface area contributed by atoms with Gasteiger partial charge in [0.25, 0.3) is 0 Å². The summed E-state index contributed by atoms with van der Waals surface area (Å²) >= 11 is 0. The normalized spacial score (nSPS) is 42.4. The monoisotopic (exact) mass is 154 g/mol. The van der Waals surface area contributed by atoms with Gasteiger partial charge in [-0.3, -0.25) is 0 Å². The summed E-state index contributed by atoms with van der Waals surface area (Å²) in [5.41, 5.74) is 0.116. The number of aldehydes is 1. The highest BCUT2D eigenvalue weighted by molar-refractivity contribution is 5.52. The molecule has 3 nitrogen and oxygen atoms in total. The Morgan fingerprint density at radius 2 is 2.55 bits per heavy atom. The van der Waals surface area contributed by atoms with E-state index in [0.717, 1.165) is 25.8 Å². The second kappa shape index (κ2) is 2.57. The van der Waals surface area contributed by atoms with Crippen molar-refractivity contribution in [1.82, 2.24) is 10.6 Å². The van der Waals surface area contributed by atoms with Gasteiger partial charge in [-0.25, -0.2) is 0 Å². The van der Waals surface area contributed by atoms with Crippen molar-refractivity contribution in [3.8, 4) is 0 Å². The van der Waals surface area contributed by atoms with Crippen LogP contribution in [-0.4, -0.2) is 31.0 Å². The zero-order chi connectivity index (χ0) is 7.73. The summed E-state index contributed by atoms with van der Waals surface area (Å²) in [6.45, 7) is 2.03. The number of fused-ring (bicyclic) bond motifs is 2. The van der Waals surface area contributed by atoms with Gasteiger partial charge >= 0.3 is 0 Å². The molecule has 0 amide bonds. The summed E-state index contributed by atoms with van der Waals surface area (Å²) in [7, 11) is 0. The highest BCUT2D eigenvalue weighted by atomic mass is 16.1. The van der Waals surface area contributed by atoms with E-state index in [1.54, 1.807) is 0 Å². The number of hydrogen-bond acceptors (Lipinski definition) is 3. The summed E-state index contributed by atoms with van der Waals surface area (Å²) in [5, 5.41) is 6.86. The van der Waals surface area contributed by atoms with E-state index in [0.29, 0.717) is 12.5 Å². The van der Waals surface area contributed by atoms with Crippen LogP contribution < -0.4 is 10.6 Å². The SMILES string of the molecule is O=CCC12CCC(CNC1)N2. The highest BCUT2D eigenvalue weighted by Crippen LogP contribution is 2.27. The predicted molar refractivity (Wildman–Crippen MR) is 42.4 cm³/mol. The van der Waals surface area contributed by atoms with Gasteiger partial charge in [-0.1, -0.05) is 0 Å². The number of rotatable bonds is 2. The largest absolute Gasteiger partial charge is 0.313 e. The maximum atomic E-state index is 10.4. The lowest BCUT2D eigenvalue weighted by molar-refractivity contribution is -0.109. The van der Waals surface area contributed by atoms with Crippen molar-refractivity contribution in [3.05, 3.63) is 0 Å². The van der Waals surface area contributed by atoms with E-state index in [1.165, 1.54) is 6.42 Å². The van der Waals surface area contributed by atoms with Gasteiger partial charge < -0.3 is 15.4 Å². The summed E-state index contributed by atoms with van der Waals surface area (Å²) < 4.78 is 0. The maximum Gasteiger partial charge on any atom is 0.121 e. The first-order valence-electron chi connectivity index (χ1n) is 4.27. The molecule has 2 fully saturated rings. The lowest BCUT2D eigenvalue weighted by Gasteiger charge is -2.33. The molecule has 62 valence electrons. The lowest BCUT2D eigenvalue weighted by atomic mass is 9.94. The fraction of sp³-hybridized carbons (Fsp3) is 0.875. The van der Waals surface area contributed by atoms with Crippen molar-refractivity contribution in [3.63, 3.8) is 0 Å². The molecular formula is C8H14N2O. The van der Waals surface area contributed by atoms with Gasteiger partial charge in [0.1, 0.15) is 6.29 Å². The molecule has 0 aliphatic carbocycles. The van der Waals surface area contributed by atoms with Crippen LogP contribution in [0.2, 0.25) is 0 Å². The molecule has 0 radical (unpaired) electrons. The standard InChI is InChI=1S/C8H14N2O/c11-4-3-8-2-1-7(10-8)5-9-6-8/h4,7,9-10H,1-3,5-6H2. The average molecular weight is 154 g/mol. The van der Waals surface area contributed by atoms with Gasteiger partial charge in [-0.05, 0) is 12.8 Å². The van der Waals surface area contributed by atoms with Gasteiger partial charge in [0.2, 0.25) is 0 Å². The molecule has 2 heterocycles. The molecule has 2 bridgehead atoms. The molecule has 0 saturated carbocycles. The fourth-order valence-corrected chi connectivity index (χ4v) is 2.20. The third-order valence-electron chi connectivity index (χ3n) is 2.81.